The second-order valence-corrected chi connectivity index (χ2v) is 4.83. The molecule has 18 heavy (non-hydrogen) atoms. The fourth-order valence-electron chi connectivity index (χ4n) is 1.23. The number of anilines is 1. The van der Waals surface area contributed by atoms with Gasteiger partial charge in [-0.1, -0.05) is 19.9 Å². The number of aromatic nitrogens is 1. The van der Waals surface area contributed by atoms with Gasteiger partial charge in [0.25, 0.3) is 0 Å². The average molecular weight is 260 g/mol. The summed E-state index contributed by atoms with van der Waals surface area (Å²) in [5.41, 5.74) is -1.15. The standard InChI is InChI=1S/C12H15F3N2O/c1-8-4-5-9(16-7-8)17-10(18)6-11(2,3)12(13,14)15/h4-5,7H,6H2,1-3H3,(H,16,17,18). The van der Waals surface area contributed by atoms with E-state index in [9.17, 15) is 18.0 Å². The van der Waals surface area contributed by atoms with Crippen LogP contribution in [0.2, 0.25) is 0 Å². The second kappa shape index (κ2) is 4.96. The van der Waals surface area contributed by atoms with Gasteiger partial charge in [-0.2, -0.15) is 13.2 Å². The lowest BCUT2D eigenvalue weighted by atomic mass is 9.88. The van der Waals surface area contributed by atoms with Gasteiger partial charge in [0, 0.05) is 12.6 Å². The van der Waals surface area contributed by atoms with Crippen LogP contribution in [-0.4, -0.2) is 17.1 Å². The Bertz CT molecular complexity index is 424. The van der Waals surface area contributed by atoms with Gasteiger partial charge in [-0.25, -0.2) is 4.98 Å². The predicted molar refractivity (Wildman–Crippen MR) is 62.1 cm³/mol. The summed E-state index contributed by atoms with van der Waals surface area (Å²) in [4.78, 5) is 15.4. The molecular formula is C12H15F3N2O. The lowest BCUT2D eigenvalue weighted by Crippen LogP contribution is -2.35. The summed E-state index contributed by atoms with van der Waals surface area (Å²) in [6, 6.07) is 3.27. The van der Waals surface area contributed by atoms with Crippen LogP contribution in [-0.2, 0) is 4.79 Å². The number of carbonyl (C=O) groups is 1. The number of alkyl halides is 3. The van der Waals surface area contributed by atoms with Crippen LogP contribution in [0.4, 0.5) is 19.0 Å². The molecule has 0 bridgehead atoms. The molecule has 0 saturated heterocycles. The Hall–Kier alpha value is -1.59. The van der Waals surface area contributed by atoms with E-state index in [1.807, 2.05) is 6.92 Å². The van der Waals surface area contributed by atoms with E-state index < -0.39 is 23.9 Å². The van der Waals surface area contributed by atoms with Crippen LogP contribution in [0.3, 0.4) is 0 Å². The highest BCUT2D eigenvalue weighted by Crippen LogP contribution is 2.40. The third-order valence-corrected chi connectivity index (χ3v) is 2.55. The minimum Gasteiger partial charge on any atom is -0.311 e. The van der Waals surface area contributed by atoms with Gasteiger partial charge < -0.3 is 5.32 Å². The molecule has 0 aliphatic heterocycles. The quantitative estimate of drug-likeness (QED) is 0.905. The Morgan fingerprint density at radius 1 is 1.33 bits per heavy atom. The van der Waals surface area contributed by atoms with Crippen molar-refractivity contribution in [3.63, 3.8) is 0 Å². The molecule has 3 nitrogen and oxygen atoms in total. The molecule has 0 fully saturated rings. The van der Waals surface area contributed by atoms with Crippen molar-refractivity contribution in [2.75, 3.05) is 5.32 Å². The topological polar surface area (TPSA) is 42.0 Å². The molecule has 1 rings (SSSR count). The fourth-order valence-corrected chi connectivity index (χ4v) is 1.23. The van der Waals surface area contributed by atoms with Crippen LogP contribution in [0.5, 0.6) is 0 Å². The number of hydrogen-bond acceptors (Lipinski definition) is 2. The zero-order chi connectivity index (χ0) is 14.0. The number of rotatable bonds is 3. The summed E-state index contributed by atoms with van der Waals surface area (Å²) in [5.74, 6) is -0.447. The minimum absolute atomic E-state index is 0.253. The van der Waals surface area contributed by atoms with Crippen LogP contribution in [0.1, 0.15) is 25.8 Å². The van der Waals surface area contributed by atoms with Crippen molar-refractivity contribution in [1.29, 1.82) is 0 Å². The third-order valence-electron chi connectivity index (χ3n) is 2.55. The van der Waals surface area contributed by atoms with Crippen molar-refractivity contribution in [2.24, 2.45) is 5.41 Å². The minimum atomic E-state index is -4.41. The number of amides is 1. The highest BCUT2D eigenvalue weighted by atomic mass is 19.4. The van der Waals surface area contributed by atoms with E-state index in [-0.39, 0.29) is 5.82 Å². The molecule has 1 amide bonds. The molecule has 0 atom stereocenters. The van der Waals surface area contributed by atoms with Gasteiger partial charge in [0.05, 0.1) is 5.41 Å². The molecule has 1 heterocycles. The Morgan fingerprint density at radius 3 is 2.39 bits per heavy atom. The van der Waals surface area contributed by atoms with Crippen LogP contribution in [0, 0.1) is 12.3 Å². The van der Waals surface area contributed by atoms with Crippen LogP contribution < -0.4 is 5.32 Å². The Balaban J connectivity index is 2.65. The lowest BCUT2D eigenvalue weighted by Gasteiger charge is -2.26. The molecule has 100 valence electrons. The molecule has 0 aromatic carbocycles. The Labute approximate surface area is 103 Å². The van der Waals surface area contributed by atoms with Crippen molar-refractivity contribution in [2.45, 2.75) is 33.4 Å². The fraction of sp³-hybridized carbons (Fsp3) is 0.500. The average Bonchev–Trinajstić information content (AvgIpc) is 2.19. The normalized spacial score (nSPS) is 12.3. The SMILES string of the molecule is Cc1ccc(NC(=O)CC(C)(C)C(F)(F)F)nc1. The van der Waals surface area contributed by atoms with Crippen molar-refractivity contribution < 1.29 is 18.0 Å². The number of pyridine rings is 1. The first-order valence-corrected chi connectivity index (χ1v) is 5.41. The zero-order valence-electron chi connectivity index (χ0n) is 10.4. The first-order chi connectivity index (χ1) is 8.12. The number of halogens is 3. The summed E-state index contributed by atoms with van der Waals surface area (Å²) in [5, 5.41) is 2.35. The Kier molecular flexibility index (Phi) is 3.98. The lowest BCUT2D eigenvalue weighted by molar-refractivity contribution is -0.213. The summed E-state index contributed by atoms with van der Waals surface area (Å²) in [6.07, 6.45) is -3.51. The molecular weight excluding hydrogens is 245 g/mol. The van der Waals surface area contributed by atoms with E-state index in [0.717, 1.165) is 19.4 Å². The number of aryl methyl sites for hydroxylation is 1. The largest absolute Gasteiger partial charge is 0.394 e. The smallest absolute Gasteiger partial charge is 0.311 e. The maximum absolute atomic E-state index is 12.6. The molecule has 1 aromatic heterocycles. The monoisotopic (exact) mass is 260 g/mol. The molecule has 0 unspecified atom stereocenters. The van der Waals surface area contributed by atoms with E-state index in [0.29, 0.717) is 0 Å². The number of carbonyl (C=O) groups excluding carboxylic acids is 1. The third kappa shape index (κ3) is 3.72. The van der Waals surface area contributed by atoms with Crippen molar-refractivity contribution >= 4 is 11.7 Å². The summed E-state index contributed by atoms with van der Waals surface area (Å²) >= 11 is 0. The van der Waals surface area contributed by atoms with Gasteiger partial charge >= 0.3 is 6.18 Å². The zero-order valence-corrected chi connectivity index (χ0v) is 10.4. The van der Waals surface area contributed by atoms with E-state index in [1.54, 1.807) is 12.1 Å². The summed E-state index contributed by atoms with van der Waals surface area (Å²) < 4.78 is 37.8. The molecule has 1 N–H and O–H groups in total. The van der Waals surface area contributed by atoms with E-state index in [4.69, 9.17) is 0 Å². The van der Waals surface area contributed by atoms with Gasteiger partial charge in [0.15, 0.2) is 0 Å². The number of hydrogen-bond donors (Lipinski definition) is 1. The molecule has 0 aliphatic carbocycles. The number of nitrogens with one attached hydrogen (secondary N) is 1. The van der Waals surface area contributed by atoms with Gasteiger partial charge in [0.1, 0.15) is 5.82 Å². The summed E-state index contributed by atoms with van der Waals surface area (Å²) in [6.45, 7) is 3.82. The maximum Gasteiger partial charge on any atom is 0.394 e. The number of nitrogens with zero attached hydrogens (tertiary/aromatic N) is 1. The van der Waals surface area contributed by atoms with Crippen LogP contribution >= 0.6 is 0 Å². The van der Waals surface area contributed by atoms with Gasteiger partial charge in [-0.3, -0.25) is 4.79 Å². The Morgan fingerprint density at radius 2 is 1.94 bits per heavy atom. The van der Waals surface area contributed by atoms with Crippen LogP contribution in [0.25, 0.3) is 0 Å². The second-order valence-electron chi connectivity index (χ2n) is 4.83. The maximum atomic E-state index is 12.6. The van der Waals surface area contributed by atoms with E-state index in [2.05, 4.69) is 10.3 Å². The molecule has 6 heteroatoms. The van der Waals surface area contributed by atoms with Crippen LogP contribution in [0.15, 0.2) is 18.3 Å². The van der Waals surface area contributed by atoms with Gasteiger partial charge in [-0.05, 0) is 18.6 Å². The van der Waals surface area contributed by atoms with Crippen molar-refractivity contribution in [3.05, 3.63) is 23.9 Å². The van der Waals surface area contributed by atoms with Crippen molar-refractivity contribution in [3.8, 4) is 0 Å². The van der Waals surface area contributed by atoms with Gasteiger partial charge in [0.2, 0.25) is 5.91 Å². The molecule has 0 saturated carbocycles. The molecule has 0 radical (unpaired) electrons. The first-order valence-electron chi connectivity index (χ1n) is 5.41. The van der Waals surface area contributed by atoms with E-state index >= 15 is 0 Å². The molecule has 1 aromatic rings. The first kappa shape index (κ1) is 14.5. The summed E-state index contributed by atoms with van der Waals surface area (Å²) in [7, 11) is 0. The predicted octanol–water partition coefficient (Wildman–Crippen LogP) is 3.31. The van der Waals surface area contributed by atoms with E-state index in [1.165, 1.54) is 6.20 Å². The molecule has 0 aliphatic rings. The highest BCUT2D eigenvalue weighted by molar-refractivity contribution is 5.90. The van der Waals surface area contributed by atoms with Crippen molar-refractivity contribution in [1.82, 2.24) is 4.98 Å². The van der Waals surface area contributed by atoms with Gasteiger partial charge in [-0.15, -0.1) is 0 Å². The highest BCUT2D eigenvalue weighted by Gasteiger charge is 2.48. The molecule has 0 spiro atoms.